The number of Topliss-reactive ketones (excluding diaryl/α,β-unsaturated/α-hetero) is 2. The van der Waals surface area contributed by atoms with Crippen molar-refractivity contribution in [3.05, 3.63) is 29.8 Å². The topological polar surface area (TPSA) is 122 Å². The van der Waals surface area contributed by atoms with E-state index in [2.05, 4.69) is 17.6 Å². The molecule has 0 saturated heterocycles. The summed E-state index contributed by atoms with van der Waals surface area (Å²) in [6.45, 7) is 10.4. The monoisotopic (exact) mass is 473 g/mol. The third-order valence-electron chi connectivity index (χ3n) is 6.89. The van der Waals surface area contributed by atoms with Gasteiger partial charge in [-0.1, -0.05) is 52.3 Å². The van der Waals surface area contributed by atoms with Gasteiger partial charge in [0.15, 0.2) is 0 Å². The number of rotatable bonds is 13. The lowest BCUT2D eigenvalue weighted by molar-refractivity contribution is -0.129. The smallest absolute Gasteiger partial charge is 0.222 e. The van der Waals surface area contributed by atoms with Crippen LogP contribution in [0.1, 0.15) is 78.2 Å². The first kappa shape index (κ1) is 28.0. The SMILES string of the molecule is CCCCNC(=O)[C@H](C)C[C@H](O)[C@@H](N)CC(C)(C)CC(=O)C1c2ccccc2NCC1C(C)=O. The summed E-state index contributed by atoms with van der Waals surface area (Å²) in [5.41, 5.74) is 7.62. The molecule has 1 aliphatic rings. The van der Waals surface area contributed by atoms with E-state index in [1.54, 1.807) is 6.92 Å². The van der Waals surface area contributed by atoms with E-state index in [9.17, 15) is 19.5 Å². The molecule has 0 aromatic heterocycles. The van der Waals surface area contributed by atoms with Crippen LogP contribution in [0, 0.1) is 17.3 Å². The van der Waals surface area contributed by atoms with Crippen molar-refractivity contribution in [1.29, 1.82) is 0 Å². The van der Waals surface area contributed by atoms with Gasteiger partial charge in [-0.3, -0.25) is 14.4 Å². The predicted molar refractivity (Wildman–Crippen MR) is 136 cm³/mol. The highest BCUT2D eigenvalue weighted by Crippen LogP contribution is 2.40. The van der Waals surface area contributed by atoms with Gasteiger partial charge in [0, 0.05) is 43.1 Å². The van der Waals surface area contributed by atoms with E-state index >= 15 is 0 Å². The quantitative estimate of drug-likeness (QED) is 0.326. The molecule has 5 N–H and O–H groups in total. The van der Waals surface area contributed by atoms with Crippen molar-refractivity contribution in [3.63, 3.8) is 0 Å². The van der Waals surface area contributed by atoms with Crippen LogP contribution < -0.4 is 16.4 Å². The first-order valence-corrected chi connectivity index (χ1v) is 12.5. The molecular formula is C27H43N3O4. The molecule has 1 heterocycles. The normalized spacial score (nSPS) is 20.4. The van der Waals surface area contributed by atoms with E-state index in [0.717, 1.165) is 24.1 Å². The van der Waals surface area contributed by atoms with Gasteiger partial charge in [0.2, 0.25) is 5.91 Å². The third kappa shape index (κ3) is 7.64. The number of hydrogen-bond donors (Lipinski definition) is 4. The zero-order valence-electron chi connectivity index (χ0n) is 21.4. The van der Waals surface area contributed by atoms with Crippen molar-refractivity contribution in [2.45, 2.75) is 84.8 Å². The van der Waals surface area contributed by atoms with Crippen LogP contribution in [0.4, 0.5) is 5.69 Å². The number of benzene rings is 1. The maximum Gasteiger partial charge on any atom is 0.222 e. The van der Waals surface area contributed by atoms with Crippen molar-refractivity contribution in [3.8, 4) is 0 Å². The zero-order valence-corrected chi connectivity index (χ0v) is 21.4. The lowest BCUT2D eigenvalue weighted by Gasteiger charge is -2.35. The molecule has 7 nitrogen and oxygen atoms in total. The Balaban J connectivity index is 2.01. The van der Waals surface area contributed by atoms with Crippen molar-refractivity contribution in [2.24, 2.45) is 23.0 Å². The fourth-order valence-electron chi connectivity index (χ4n) is 4.89. The molecule has 0 saturated carbocycles. The van der Waals surface area contributed by atoms with Crippen LogP contribution in [0.15, 0.2) is 24.3 Å². The van der Waals surface area contributed by atoms with E-state index in [1.807, 2.05) is 38.1 Å². The molecule has 7 heteroatoms. The number of nitrogens with two attached hydrogens (primary N) is 1. The van der Waals surface area contributed by atoms with Gasteiger partial charge in [-0.05, 0) is 43.2 Å². The van der Waals surface area contributed by atoms with Gasteiger partial charge >= 0.3 is 0 Å². The van der Waals surface area contributed by atoms with Crippen molar-refractivity contribution >= 4 is 23.2 Å². The molecule has 0 spiro atoms. The Hall–Kier alpha value is -2.25. The van der Waals surface area contributed by atoms with Gasteiger partial charge in [0.25, 0.3) is 0 Å². The summed E-state index contributed by atoms with van der Waals surface area (Å²) in [5.74, 6) is -1.29. The third-order valence-corrected chi connectivity index (χ3v) is 6.89. The van der Waals surface area contributed by atoms with Crippen molar-refractivity contribution in [2.75, 3.05) is 18.4 Å². The molecule has 34 heavy (non-hydrogen) atoms. The second kappa shape index (κ2) is 12.5. The summed E-state index contributed by atoms with van der Waals surface area (Å²) in [6.07, 6.45) is 2.05. The van der Waals surface area contributed by atoms with E-state index in [4.69, 9.17) is 5.73 Å². The highest BCUT2D eigenvalue weighted by atomic mass is 16.3. The fraction of sp³-hybridized carbons (Fsp3) is 0.667. The van der Waals surface area contributed by atoms with Crippen LogP contribution in [0.25, 0.3) is 0 Å². The highest BCUT2D eigenvalue weighted by molar-refractivity contribution is 5.95. The lowest BCUT2D eigenvalue weighted by atomic mass is 9.71. The first-order valence-electron chi connectivity index (χ1n) is 12.5. The highest BCUT2D eigenvalue weighted by Gasteiger charge is 2.39. The molecule has 0 fully saturated rings. The number of carbonyl (C=O) groups is 3. The molecular weight excluding hydrogens is 430 g/mol. The summed E-state index contributed by atoms with van der Waals surface area (Å²) in [5, 5.41) is 16.8. The zero-order chi connectivity index (χ0) is 25.5. The minimum absolute atomic E-state index is 0.00326. The molecule has 1 aromatic carbocycles. The summed E-state index contributed by atoms with van der Waals surface area (Å²) >= 11 is 0. The number of aliphatic hydroxyl groups excluding tert-OH is 1. The molecule has 1 amide bonds. The molecule has 1 aliphatic heterocycles. The second-order valence-corrected chi connectivity index (χ2v) is 10.7. The number of unbranched alkanes of at least 4 members (excludes halogenated alkanes) is 1. The number of anilines is 1. The number of amides is 1. The number of carbonyl (C=O) groups excluding carboxylic acids is 3. The van der Waals surface area contributed by atoms with Gasteiger partial charge < -0.3 is 21.5 Å². The molecule has 0 radical (unpaired) electrons. The van der Waals surface area contributed by atoms with E-state index in [-0.39, 0.29) is 36.2 Å². The number of fused-ring (bicyclic) bond motifs is 1. The first-order chi connectivity index (χ1) is 16.0. The fourth-order valence-corrected chi connectivity index (χ4v) is 4.89. The van der Waals surface area contributed by atoms with Crippen LogP contribution in [0.2, 0.25) is 0 Å². The largest absolute Gasteiger partial charge is 0.391 e. The summed E-state index contributed by atoms with van der Waals surface area (Å²) in [6, 6.07) is 7.09. The molecule has 2 rings (SSSR count). The summed E-state index contributed by atoms with van der Waals surface area (Å²) in [4.78, 5) is 38.0. The van der Waals surface area contributed by atoms with Crippen LogP contribution in [-0.2, 0) is 14.4 Å². The minimum atomic E-state index is -0.842. The number of hydrogen-bond acceptors (Lipinski definition) is 6. The summed E-state index contributed by atoms with van der Waals surface area (Å²) in [7, 11) is 0. The van der Waals surface area contributed by atoms with E-state index < -0.39 is 29.4 Å². The van der Waals surface area contributed by atoms with Crippen LogP contribution >= 0.6 is 0 Å². The Morgan fingerprint density at radius 2 is 1.94 bits per heavy atom. The number of nitrogens with one attached hydrogen (secondary N) is 2. The number of aliphatic hydroxyl groups is 1. The van der Waals surface area contributed by atoms with Gasteiger partial charge in [0.1, 0.15) is 11.6 Å². The Morgan fingerprint density at radius 1 is 1.26 bits per heavy atom. The Bertz CT molecular complexity index is 854. The number of para-hydroxylation sites is 1. The average molecular weight is 474 g/mol. The molecule has 1 aromatic rings. The Labute approximate surface area is 204 Å². The lowest BCUT2D eigenvalue weighted by Crippen LogP contribution is -2.43. The second-order valence-electron chi connectivity index (χ2n) is 10.7. The maximum atomic E-state index is 13.5. The minimum Gasteiger partial charge on any atom is -0.391 e. The molecule has 190 valence electrons. The number of ketones is 2. The molecule has 0 bridgehead atoms. The standard InChI is InChI=1S/C27H43N3O4/c1-6-7-12-29-26(34)17(2)13-23(32)21(28)14-27(4,5)15-24(33)25-19-10-8-9-11-22(19)30-16-20(25)18(3)31/h8-11,17,20-21,23,25,30,32H,6-7,12-16,28H2,1-5H3,(H,29,34)/t17-,20?,21+,23+,25?/m1/s1. The van der Waals surface area contributed by atoms with Crippen molar-refractivity contribution < 1.29 is 19.5 Å². The van der Waals surface area contributed by atoms with Gasteiger partial charge in [0.05, 0.1) is 12.0 Å². The van der Waals surface area contributed by atoms with Crippen LogP contribution in [0.3, 0.4) is 0 Å². The summed E-state index contributed by atoms with van der Waals surface area (Å²) < 4.78 is 0. The van der Waals surface area contributed by atoms with Crippen LogP contribution in [-0.4, -0.2) is 47.8 Å². The van der Waals surface area contributed by atoms with Gasteiger partial charge in [-0.15, -0.1) is 0 Å². The van der Waals surface area contributed by atoms with Crippen molar-refractivity contribution in [1.82, 2.24) is 5.32 Å². The van der Waals surface area contributed by atoms with E-state index in [0.29, 0.717) is 19.5 Å². The molecule has 2 unspecified atom stereocenters. The predicted octanol–water partition coefficient (Wildman–Crippen LogP) is 3.41. The average Bonchev–Trinajstić information content (AvgIpc) is 2.77. The van der Waals surface area contributed by atoms with E-state index in [1.165, 1.54) is 6.92 Å². The molecule has 5 atom stereocenters. The van der Waals surface area contributed by atoms with Gasteiger partial charge in [-0.2, -0.15) is 0 Å². The molecule has 0 aliphatic carbocycles. The Kier molecular flexibility index (Phi) is 10.3. The van der Waals surface area contributed by atoms with Crippen LogP contribution in [0.5, 0.6) is 0 Å². The van der Waals surface area contributed by atoms with Gasteiger partial charge in [-0.25, -0.2) is 0 Å². The maximum absolute atomic E-state index is 13.5. The Morgan fingerprint density at radius 3 is 2.59 bits per heavy atom.